The quantitative estimate of drug-likeness (QED) is 0.0157. The number of aliphatic hydroxyl groups is 1. The van der Waals surface area contributed by atoms with Gasteiger partial charge in [-0.1, -0.05) is 61.8 Å². The largest absolute Gasteiger partial charge is 0.480 e. The highest BCUT2D eigenvalue weighted by atomic mass is 16.4. The Balaban J connectivity index is 3.41. The molecule has 490 valence electrons. The SMILES string of the molecule is CCC(C)C(NC(=O)C(CC(C)C)NC(=O)C(C)NC(=O)C1CCCN1C(=O)C(CCCN=C(N)N)NC(=O)C(N)CC(C)C)C(=O)NC(C(=O)NC(CCCN=C(N)N)C(=O)NC(C(=O)NC(CCCCN)C(=O)NCC(=O)O)C(C)O)C(C)C. The summed E-state index contributed by atoms with van der Waals surface area (Å²) in [6, 6.07) is -12.5. The molecule has 23 N–H and O–H groups in total. The first-order valence-corrected chi connectivity index (χ1v) is 29.7. The van der Waals surface area contributed by atoms with Crippen molar-refractivity contribution in [2.24, 2.45) is 68.1 Å². The van der Waals surface area contributed by atoms with Crippen LogP contribution in [-0.2, 0) is 52.7 Å². The predicted octanol–water partition coefficient (Wildman–Crippen LogP) is -4.18. The molecule has 86 heavy (non-hydrogen) atoms. The second kappa shape index (κ2) is 39.3. The Hall–Kier alpha value is -7.41. The van der Waals surface area contributed by atoms with E-state index in [0.717, 1.165) is 0 Å². The van der Waals surface area contributed by atoms with E-state index in [4.69, 9.17) is 39.5 Å². The van der Waals surface area contributed by atoms with Crippen LogP contribution < -0.4 is 82.3 Å². The first-order chi connectivity index (χ1) is 40.3. The van der Waals surface area contributed by atoms with Gasteiger partial charge in [-0.25, -0.2) is 0 Å². The smallest absolute Gasteiger partial charge is 0.322 e. The minimum atomic E-state index is -1.70. The van der Waals surface area contributed by atoms with E-state index in [1.807, 2.05) is 27.7 Å². The highest BCUT2D eigenvalue weighted by molar-refractivity contribution is 5.99. The summed E-state index contributed by atoms with van der Waals surface area (Å²) in [4.78, 5) is 159. The summed E-state index contributed by atoms with van der Waals surface area (Å²) in [6.45, 7) is 16.7. The number of aliphatic imine (C=N–C) groups is 2. The number of aliphatic carboxylic acids is 1. The van der Waals surface area contributed by atoms with Crippen LogP contribution in [0.5, 0.6) is 0 Å². The number of nitrogens with zero attached hydrogens (tertiary/aromatic N) is 3. The summed E-state index contributed by atoms with van der Waals surface area (Å²) in [5, 5.41) is 43.1. The average Bonchev–Trinajstić information content (AvgIpc) is 2.86. The number of likely N-dealkylation sites (tertiary alicyclic amines) is 1. The number of nitrogens with two attached hydrogens (primary N) is 6. The van der Waals surface area contributed by atoms with E-state index in [9.17, 15) is 57.8 Å². The number of carbonyl (C=O) groups is 11. The van der Waals surface area contributed by atoms with Gasteiger partial charge in [0.15, 0.2) is 11.9 Å². The third-order valence-corrected chi connectivity index (χ3v) is 14.2. The standard InChI is InChI=1S/C55H102N18O13/c1-11-31(8)42(51(84)70-41(30(6)7)50(83)67-36(18-14-22-62-54(58)59)47(80)72-43(33(10)74)52(85)66-35(17-12-13-21-56)46(79)64-27-40(75)76)71-48(81)38(26-29(4)5)69-44(77)32(9)65-49(82)39-20-16-24-73(39)53(86)37(19-15-23-63-55(60)61)68-45(78)34(57)25-28(2)3/h28-39,41-43,74H,11-27,56-57H2,1-10H3,(H,64,79)(H,65,82)(H,66,85)(H,67,83)(H,68,78)(H,69,77)(H,70,84)(H,71,81)(H,72,80)(H,75,76)(H4,58,59,62)(H4,60,61,63). The normalized spacial score (nSPS) is 16.9. The monoisotopic (exact) mass is 1220 g/mol. The second-order valence-electron chi connectivity index (χ2n) is 23.2. The average molecular weight is 1220 g/mol. The van der Waals surface area contributed by atoms with Gasteiger partial charge >= 0.3 is 5.97 Å². The van der Waals surface area contributed by atoms with Crippen LogP contribution >= 0.6 is 0 Å². The van der Waals surface area contributed by atoms with Gasteiger partial charge in [0.05, 0.1) is 12.1 Å². The number of carboxylic acid groups (broad SMARTS) is 1. The van der Waals surface area contributed by atoms with Crippen molar-refractivity contribution in [3.8, 4) is 0 Å². The maximum atomic E-state index is 14.4. The van der Waals surface area contributed by atoms with Crippen molar-refractivity contribution < 1.29 is 63.0 Å². The van der Waals surface area contributed by atoms with Crippen molar-refractivity contribution in [2.45, 2.75) is 213 Å². The lowest BCUT2D eigenvalue weighted by Gasteiger charge is -2.31. The van der Waals surface area contributed by atoms with Crippen LogP contribution in [0, 0.1) is 23.7 Å². The molecule has 0 aromatic rings. The molecular formula is C55H102N18O13. The van der Waals surface area contributed by atoms with Gasteiger partial charge in [0, 0.05) is 19.6 Å². The van der Waals surface area contributed by atoms with E-state index in [1.54, 1.807) is 27.7 Å². The van der Waals surface area contributed by atoms with Gasteiger partial charge in [-0.05, 0) is 115 Å². The Morgan fingerprint density at radius 3 is 1.55 bits per heavy atom. The minimum absolute atomic E-state index is 0.00983. The number of hydrogen-bond acceptors (Lipinski definition) is 16. The minimum Gasteiger partial charge on any atom is -0.480 e. The number of unbranched alkanes of at least 4 members (excludes halogenated alkanes) is 1. The molecule has 0 radical (unpaired) electrons. The molecule has 31 heteroatoms. The summed E-state index contributed by atoms with van der Waals surface area (Å²) >= 11 is 0. The van der Waals surface area contributed by atoms with Crippen molar-refractivity contribution in [2.75, 3.05) is 32.7 Å². The fraction of sp³-hybridized carbons (Fsp3) is 0.764. The molecule has 1 saturated heterocycles. The molecule has 0 aromatic carbocycles. The third-order valence-electron chi connectivity index (χ3n) is 14.2. The number of carbonyl (C=O) groups excluding carboxylic acids is 10. The zero-order valence-electron chi connectivity index (χ0n) is 51.9. The summed E-state index contributed by atoms with van der Waals surface area (Å²) in [7, 11) is 0. The Labute approximate surface area is 504 Å². The summed E-state index contributed by atoms with van der Waals surface area (Å²) in [6.07, 6.45) is 1.25. The maximum absolute atomic E-state index is 14.4. The number of carboxylic acids is 1. The number of nitrogens with one attached hydrogen (secondary N) is 9. The van der Waals surface area contributed by atoms with Crippen LogP contribution in [0.25, 0.3) is 0 Å². The number of rotatable bonds is 40. The maximum Gasteiger partial charge on any atom is 0.322 e. The van der Waals surface area contributed by atoms with E-state index >= 15 is 0 Å². The Morgan fingerprint density at radius 2 is 1.03 bits per heavy atom. The molecule has 0 aliphatic carbocycles. The summed E-state index contributed by atoms with van der Waals surface area (Å²) in [5.41, 5.74) is 33.7. The van der Waals surface area contributed by atoms with Gasteiger partial charge in [-0.2, -0.15) is 0 Å². The van der Waals surface area contributed by atoms with Crippen LogP contribution in [0.1, 0.15) is 146 Å². The molecule has 0 spiro atoms. The predicted molar refractivity (Wildman–Crippen MR) is 322 cm³/mol. The Kier molecular flexibility index (Phi) is 35.0. The molecule has 1 aliphatic rings. The van der Waals surface area contributed by atoms with Crippen molar-refractivity contribution in [3.05, 3.63) is 0 Å². The molecule has 31 nitrogen and oxygen atoms in total. The van der Waals surface area contributed by atoms with E-state index in [2.05, 4.69) is 57.8 Å². The fourth-order valence-corrected chi connectivity index (χ4v) is 9.27. The van der Waals surface area contributed by atoms with Crippen LogP contribution in [0.2, 0.25) is 0 Å². The molecule has 0 saturated carbocycles. The molecule has 1 rings (SSSR count). The molecule has 10 amide bonds. The highest BCUT2D eigenvalue weighted by Crippen LogP contribution is 2.21. The molecule has 1 heterocycles. The highest BCUT2D eigenvalue weighted by Gasteiger charge is 2.41. The second-order valence-corrected chi connectivity index (χ2v) is 23.2. The van der Waals surface area contributed by atoms with Gasteiger partial charge < -0.3 is 97.4 Å². The molecular weight excluding hydrogens is 1120 g/mol. The lowest BCUT2D eigenvalue weighted by atomic mass is 9.95. The zero-order chi connectivity index (χ0) is 65.5. The van der Waals surface area contributed by atoms with Gasteiger partial charge in [0.2, 0.25) is 59.1 Å². The number of guanidine groups is 2. The van der Waals surface area contributed by atoms with Crippen LogP contribution in [0.3, 0.4) is 0 Å². The van der Waals surface area contributed by atoms with Crippen molar-refractivity contribution in [3.63, 3.8) is 0 Å². The van der Waals surface area contributed by atoms with Crippen LogP contribution in [0.4, 0.5) is 0 Å². The number of aliphatic hydroxyl groups excluding tert-OH is 1. The fourth-order valence-electron chi connectivity index (χ4n) is 9.27. The Morgan fingerprint density at radius 1 is 0.558 bits per heavy atom. The first kappa shape index (κ1) is 76.6. The van der Waals surface area contributed by atoms with Crippen LogP contribution in [-0.4, -0.2) is 191 Å². The van der Waals surface area contributed by atoms with Gasteiger partial charge in [-0.15, -0.1) is 0 Å². The zero-order valence-corrected chi connectivity index (χ0v) is 51.9. The van der Waals surface area contributed by atoms with Crippen molar-refractivity contribution in [1.82, 2.24) is 52.8 Å². The third kappa shape index (κ3) is 28.2. The van der Waals surface area contributed by atoms with E-state index in [-0.39, 0.29) is 88.5 Å². The molecule has 0 aromatic heterocycles. The van der Waals surface area contributed by atoms with Crippen LogP contribution in [0.15, 0.2) is 9.98 Å². The lowest BCUT2D eigenvalue weighted by Crippen LogP contribution is -2.62. The molecule has 12 atom stereocenters. The topological polar surface area (TPSA) is 521 Å². The molecule has 0 bridgehead atoms. The number of amides is 10. The molecule has 1 fully saturated rings. The Bertz CT molecular complexity index is 2310. The van der Waals surface area contributed by atoms with E-state index in [0.29, 0.717) is 38.5 Å². The first-order valence-electron chi connectivity index (χ1n) is 29.7. The van der Waals surface area contributed by atoms with Gasteiger partial charge in [0.1, 0.15) is 60.9 Å². The van der Waals surface area contributed by atoms with E-state index < -0.39 is 150 Å². The van der Waals surface area contributed by atoms with Crippen molar-refractivity contribution >= 4 is 77.0 Å². The van der Waals surface area contributed by atoms with Gasteiger partial charge in [-0.3, -0.25) is 62.7 Å². The van der Waals surface area contributed by atoms with Gasteiger partial charge in [0.25, 0.3) is 0 Å². The number of hydrogen-bond donors (Lipinski definition) is 17. The lowest BCUT2D eigenvalue weighted by molar-refractivity contribution is -0.142. The molecule has 12 unspecified atom stereocenters. The van der Waals surface area contributed by atoms with Crippen molar-refractivity contribution in [1.29, 1.82) is 0 Å². The summed E-state index contributed by atoms with van der Waals surface area (Å²) < 4.78 is 0. The molecule has 1 aliphatic heterocycles. The van der Waals surface area contributed by atoms with E-state index in [1.165, 1.54) is 18.7 Å². The summed E-state index contributed by atoms with van der Waals surface area (Å²) in [5.74, 6) is -10.6.